The van der Waals surface area contributed by atoms with Crippen molar-refractivity contribution in [1.82, 2.24) is 10.2 Å². The van der Waals surface area contributed by atoms with Gasteiger partial charge in [-0.25, -0.2) is 0 Å². The summed E-state index contributed by atoms with van der Waals surface area (Å²) < 4.78 is 0.150. The maximum Gasteiger partial charge on any atom is 0.224 e. The highest BCUT2D eigenvalue weighted by molar-refractivity contribution is 8.77. The van der Waals surface area contributed by atoms with Crippen LogP contribution in [0.1, 0.15) is 51.7 Å². The second-order valence-corrected chi connectivity index (χ2v) is 11.3. The lowest BCUT2D eigenvalue weighted by Crippen LogP contribution is -2.48. The summed E-state index contributed by atoms with van der Waals surface area (Å²) in [6.45, 7) is 12.0. The van der Waals surface area contributed by atoms with Gasteiger partial charge in [-0.3, -0.25) is 4.79 Å². The lowest BCUT2D eigenvalue weighted by molar-refractivity contribution is -0.122. The quantitative estimate of drug-likeness (QED) is 0.269. The van der Waals surface area contributed by atoms with Crippen LogP contribution in [0.2, 0.25) is 0 Å². The molecule has 1 amide bonds. The van der Waals surface area contributed by atoms with Crippen molar-refractivity contribution < 1.29 is 4.79 Å². The van der Waals surface area contributed by atoms with Gasteiger partial charge in [-0.1, -0.05) is 58.3 Å². The Morgan fingerprint density at radius 3 is 2.21 bits per heavy atom. The molecule has 3 nitrogen and oxygen atoms in total. The molecule has 1 aromatic carbocycles. The van der Waals surface area contributed by atoms with Crippen LogP contribution in [0.15, 0.2) is 24.3 Å². The summed E-state index contributed by atoms with van der Waals surface area (Å²) in [6.07, 6.45) is 4.18. The summed E-state index contributed by atoms with van der Waals surface area (Å²) >= 11 is 3.53. The number of carbonyl (C=O) groups excluding carboxylic acids is 1. The maximum atomic E-state index is 12.5. The number of carbonyl (C=O) groups is 1. The SMILES string of the molecule is CCC(C)(CC(C)(C)NC(=O)Cc1ccc(C)cc1)SSCCN(C)C.CS. The maximum absolute atomic E-state index is 12.5. The molecule has 0 spiro atoms. The third-order valence-electron chi connectivity index (χ3n) is 4.41. The zero-order valence-corrected chi connectivity index (χ0v) is 21.5. The first-order valence-electron chi connectivity index (χ1n) is 9.82. The molecule has 0 aliphatic heterocycles. The molecule has 0 saturated heterocycles. The van der Waals surface area contributed by atoms with Crippen LogP contribution in [0.3, 0.4) is 0 Å². The van der Waals surface area contributed by atoms with Crippen molar-refractivity contribution in [1.29, 1.82) is 0 Å². The Hall–Kier alpha value is -0.300. The Morgan fingerprint density at radius 1 is 1.14 bits per heavy atom. The minimum absolute atomic E-state index is 0.0996. The Balaban J connectivity index is 0.00000352. The van der Waals surface area contributed by atoms with E-state index in [1.54, 1.807) is 6.26 Å². The lowest BCUT2D eigenvalue weighted by Gasteiger charge is -2.37. The molecule has 0 saturated carbocycles. The third-order valence-corrected chi connectivity index (χ3v) is 7.77. The molecule has 0 heterocycles. The van der Waals surface area contributed by atoms with Crippen molar-refractivity contribution in [3.63, 3.8) is 0 Å². The van der Waals surface area contributed by atoms with E-state index in [1.807, 2.05) is 33.7 Å². The smallest absolute Gasteiger partial charge is 0.224 e. The van der Waals surface area contributed by atoms with Crippen LogP contribution in [-0.4, -0.2) is 53.7 Å². The molecule has 0 radical (unpaired) electrons. The van der Waals surface area contributed by atoms with Crippen LogP contribution < -0.4 is 5.32 Å². The number of aryl methyl sites for hydroxylation is 1. The highest BCUT2D eigenvalue weighted by Crippen LogP contribution is 2.43. The molecule has 0 bridgehead atoms. The Labute approximate surface area is 187 Å². The van der Waals surface area contributed by atoms with Gasteiger partial charge in [0.05, 0.1) is 6.42 Å². The van der Waals surface area contributed by atoms with Gasteiger partial charge >= 0.3 is 0 Å². The van der Waals surface area contributed by atoms with E-state index >= 15 is 0 Å². The first-order chi connectivity index (χ1) is 13.1. The zero-order chi connectivity index (χ0) is 21.8. The molecule has 1 N–H and O–H groups in total. The van der Waals surface area contributed by atoms with Gasteiger partial charge < -0.3 is 10.2 Å². The molecule has 1 unspecified atom stereocenters. The summed E-state index contributed by atoms with van der Waals surface area (Å²) in [7, 11) is 8.12. The Bertz CT molecular complexity index is 561. The summed E-state index contributed by atoms with van der Waals surface area (Å²) in [5.74, 6) is 1.22. The van der Waals surface area contributed by atoms with Gasteiger partial charge in [0.2, 0.25) is 5.91 Å². The number of rotatable bonds is 11. The van der Waals surface area contributed by atoms with Gasteiger partial charge in [0.25, 0.3) is 0 Å². The number of hydrogen-bond donors (Lipinski definition) is 2. The van der Waals surface area contributed by atoms with E-state index in [4.69, 9.17) is 0 Å². The van der Waals surface area contributed by atoms with Crippen molar-refractivity contribution >= 4 is 40.1 Å². The molecule has 0 aromatic heterocycles. The molecule has 6 heteroatoms. The highest BCUT2D eigenvalue weighted by atomic mass is 33.1. The van der Waals surface area contributed by atoms with Crippen LogP contribution in [0.4, 0.5) is 0 Å². The fourth-order valence-electron chi connectivity index (χ4n) is 2.91. The van der Waals surface area contributed by atoms with E-state index in [9.17, 15) is 4.79 Å². The van der Waals surface area contributed by atoms with Crippen LogP contribution in [0.25, 0.3) is 0 Å². The monoisotopic (exact) mass is 444 g/mol. The van der Waals surface area contributed by atoms with E-state index < -0.39 is 0 Å². The molecule has 0 fully saturated rings. The zero-order valence-electron chi connectivity index (χ0n) is 19.0. The Kier molecular flexibility index (Phi) is 13.7. The van der Waals surface area contributed by atoms with Gasteiger partial charge in [-0.05, 0) is 66.5 Å². The second kappa shape index (κ2) is 13.8. The number of benzene rings is 1. The normalized spacial score (nSPS) is 13.5. The fourth-order valence-corrected chi connectivity index (χ4v) is 6.11. The van der Waals surface area contributed by atoms with E-state index in [0.29, 0.717) is 6.42 Å². The molecule has 0 aliphatic rings. The predicted octanol–water partition coefficient (Wildman–Crippen LogP) is 5.48. The standard InChI is InChI=1S/C21H36N2OS2.CH4S/c1-8-21(5,26-25-14-13-23(6)7)16-20(3,4)22-19(24)15-18-11-9-17(2)10-12-18;1-2/h9-12H,8,13-16H2,1-7H3,(H,22,24);2H,1H3. The van der Waals surface area contributed by atoms with Gasteiger partial charge in [0, 0.05) is 22.6 Å². The molecule has 1 atom stereocenters. The average molecular weight is 445 g/mol. The summed E-state index contributed by atoms with van der Waals surface area (Å²) in [6, 6.07) is 8.19. The van der Waals surface area contributed by atoms with Gasteiger partial charge in [-0.15, -0.1) is 0 Å². The predicted molar refractivity (Wildman–Crippen MR) is 134 cm³/mol. The first kappa shape index (κ1) is 27.7. The average Bonchev–Trinajstić information content (AvgIpc) is 2.61. The van der Waals surface area contributed by atoms with Crippen molar-refractivity contribution in [2.24, 2.45) is 0 Å². The van der Waals surface area contributed by atoms with E-state index in [-0.39, 0.29) is 16.2 Å². The van der Waals surface area contributed by atoms with E-state index in [2.05, 4.69) is 83.7 Å². The molecular formula is C22H40N2OS3. The number of hydrogen-bond acceptors (Lipinski definition) is 5. The molecule has 1 aromatic rings. The third kappa shape index (κ3) is 12.3. The van der Waals surface area contributed by atoms with Gasteiger partial charge in [0.1, 0.15) is 0 Å². The summed E-state index contributed by atoms with van der Waals surface area (Å²) in [5, 5.41) is 3.25. The lowest BCUT2D eigenvalue weighted by atomic mass is 9.89. The van der Waals surface area contributed by atoms with Crippen molar-refractivity contribution in [2.75, 3.05) is 32.6 Å². The minimum Gasteiger partial charge on any atom is -0.351 e. The topological polar surface area (TPSA) is 32.3 Å². The van der Waals surface area contributed by atoms with E-state index in [1.165, 1.54) is 5.56 Å². The van der Waals surface area contributed by atoms with Crippen molar-refractivity contribution in [2.45, 2.75) is 64.2 Å². The highest BCUT2D eigenvalue weighted by Gasteiger charge is 2.33. The molecule has 0 aliphatic carbocycles. The van der Waals surface area contributed by atoms with Gasteiger partial charge in [0.15, 0.2) is 0 Å². The van der Waals surface area contributed by atoms with Crippen LogP contribution in [0.5, 0.6) is 0 Å². The van der Waals surface area contributed by atoms with Crippen molar-refractivity contribution in [3.05, 3.63) is 35.4 Å². The molecular weight excluding hydrogens is 404 g/mol. The molecule has 162 valence electrons. The number of nitrogens with zero attached hydrogens (tertiary/aromatic N) is 1. The number of amides is 1. The first-order valence-corrected chi connectivity index (χ1v) is 13.0. The largest absolute Gasteiger partial charge is 0.351 e. The van der Waals surface area contributed by atoms with Crippen LogP contribution in [-0.2, 0) is 11.2 Å². The summed E-state index contributed by atoms with van der Waals surface area (Å²) in [4.78, 5) is 14.7. The Morgan fingerprint density at radius 2 is 1.71 bits per heavy atom. The summed E-state index contributed by atoms with van der Waals surface area (Å²) in [5.41, 5.74) is 2.06. The van der Waals surface area contributed by atoms with Crippen LogP contribution in [0, 0.1) is 6.92 Å². The van der Waals surface area contributed by atoms with Crippen molar-refractivity contribution in [3.8, 4) is 0 Å². The van der Waals surface area contributed by atoms with Gasteiger partial charge in [-0.2, -0.15) is 12.6 Å². The number of nitrogens with one attached hydrogen (secondary N) is 1. The number of thiol groups is 1. The van der Waals surface area contributed by atoms with E-state index in [0.717, 1.165) is 30.7 Å². The molecule has 28 heavy (non-hydrogen) atoms. The van der Waals surface area contributed by atoms with Crippen LogP contribution >= 0.6 is 34.2 Å². The molecule has 1 rings (SSSR count). The fraction of sp³-hybridized carbons (Fsp3) is 0.682. The second-order valence-electron chi connectivity index (χ2n) is 8.28. The minimum atomic E-state index is -0.221.